The molecular formula is C15H30N4O. The summed E-state index contributed by atoms with van der Waals surface area (Å²) in [5.74, 6) is 1.56. The fraction of sp³-hybridized carbons (Fsp3) is 0.933. The lowest BCUT2D eigenvalue weighted by atomic mass is 10.1. The van der Waals surface area contributed by atoms with E-state index in [9.17, 15) is 0 Å². The Labute approximate surface area is 123 Å². The molecule has 0 amide bonds. The van der Waals surface area contributed by atoms with Gasteiger partial charge in [0.25, 0.3) is 0 Å². The summed E-state index contributed by atoms with van der Waals surface area (Å²) in [5.41, 5.74) is 0. The molecule has 2 heterocycles. The SMILES string of the molecule is CN=C(NCC1CCCO1)NC1CN(C(C)C)CC1C. The Bertz CT molecular complexity index is 326. The molecule has 3 unspecified atom stereocenters. The molecule has 2 aliphatic heterocycles. The van der Waals surface area contributed by atoms with Crippen LogP contribution in [0.25, 0.3) is 0 Å². The second kappa shape index (κ2) is 7.27. The maximum Gasteiger partial charge on any atom is 0.191 e. The Kier molecular flexibility index (Phi) is 5.66. The van der Waals surface area contributed by atoms with Gasteiger partial charge in [-0.3, -0.25) is 9.89 Å². The van der Waals surface area contributed by atoms with Gasteiger partial charge in [-0.15, -0.1) is 0 Å². The van der Waals surface area contributed by atoms with Crippen molar-refractivity contribution in [1.29, 1.82) is 0 Å². The first kappa shape index (κ1) is 15.6. The van der Waals surface area contributed by atoms with E-state index in [0.717, 1.165) is 38.6 Å². The average molecular weight is 282 g/mol. The fourth-order valence-electron chi connectivity index (χ4n) is 3.00. The molecule has 0 bridgehead atoms. The lowest BCUT2D eigenvalue weighted by Crippen LogP contribution is -2.48. The van der Waals surface area contributed by atoms with Gasteiger partial charge < -0.3 is 15.4 Å². The number of hydrogen-bond acceptors (Lipinski definition) is 3. The molecule has 2 aliphatic rings. The maximum atomic E-state index is 5.63. The standard InChI is InChI=1S/C15H30N4O/c1-11(2)19-9-12(3)14(10-19)18-15(16-4)17-8-13-6-5-7-20-13/h11-14H,5-10H2,1-4H3,(H2,16,17,18). The number of likely N-dealkylation sites (tertiary alicyclic amines) is 1. The Hall–Kier alpha value is -0.810. The number of nitrogens with one attached hydrogen (secondary N) is 2. The molecule has 0 aromatic heterocycles. The predicted octanol–water partition coefficient (Wildman–Crippen LogP) is 1.06. The molecule has 2 rings (SSSR count). The maximum absolute atomic E-state index is 5.63. The number of aliphatic imine (C=N–C) groups is 1. The van der Waals surface area contributed by atoms with Crippen LogP contribution < -0.4 is 10.6 Å². The molecule has 3 atom stereocenters. The van der Waals surface area contributed by atoms with Crippen LogP contribution in [0.2, 0.25) is 0 Å². The van der Waals surface area contributed by atoms with Gasteiger partial charge in [0.2, 0.25) is 0 Å². The Morgan fingerprint density at radius 1 is 1.40 bits per heavy atom. The van der Waals surface area contributed by atoms with Crippen LogP contribution in [0, 0.1) is 5.92 Å². The van der Waals surface area contributed by atoms with E-state index in [4.69, 9.17) is 4.74 Å². The van der Waals surface area contributed by atoms with Crippen LogP contribution >= 0.6 is 0 Å². The highest BCUT2D eigenvalue weighted by atomic mass is 16.5. The van der Waals surface area contributed by atoms with Gasteiger partial charge in [-0.25, -0.2) is 0 Å². The van der Waals surface area contributed by atoms with Gasteiger partial charge >= 0.3 is 0 Å². The quantitative estimate of drug-likeness (QED) is 0.598. The van der Waals surface area contributed by atoms with Gasteiger partial charge in [-0.05, 0) is 32.6 Å². The fourth-order valence-corrected chi connectivity index (χ4v) is 3.00. The second-order valence-corrected chi connectivity index (χ2v) is 6.36. The van der Waals surface area contributed by atoms with E-state index in [2.05, 4.69) is 41.3 Å². The Balaban J connectivity index is 1.78. The third kappa shape index (κ3) is 4.09. The van der Waals surface area contributed by atoms with Crippen molar-refractivity contribution in [3.05, 3.63) is 0 Å². The van der Waals surface area contributed by atoms with Crippen molar-refractivity contribution >= 4 is 5.96 Å². The molecule has 116 valence electrons. The van der Waals surface area contributed by atoms with Crippen LogP contribution in [-0.2, 0) is 4.74 Å². The molecule has 20 heavy (non-hydrogen) atoms. The van der Waals surface area contributed by atoms with Crippen LogP contribution in [0.4, 0.5) is 0 Å². The minimum atomic E-state index is 0.349. The molecule has 0 aromatic rings. The predicted molar refractivity (Wildman–Crippen MR) is 83.1 cm³/mol. The second-order valence-electron chi connectivity index (χ2n) is 6.36. The zero-order chi connectivity index (χ0) is 14.5. The minimum Gasteiger partial charge on any atom is -0.376 e. The van der Waals surface area contributed by atoms with Crippen LogP contribution in [0.3, 0.4) is 0 Å². The molecule has 0 saturated carbocycles. The summed E-state index contributed by atoms with van der Waals surface area (Å²) < 4.78 is 5.63. The monoisotopic (exact) mass is 282 g/mol. The van der Waals surface area contributed by atoms with Crippen molar-refractivity contribution in [2.24, 2.45) is 10.9 Å². The molecule has 2 saturated heterocycles. The van der Waals surface area contributed by atoms with Gasteiger partial charge in [-0.2, -0.15) is 0 Å². The van der Waals surface area contributed by atoms with Gasteiger partial charge in [0, 0.05) is 45.4 Å². The summed E-state index contributed by atoms with van der Waals surface area (Å²) in [7, 11) is 1.84. The molecule has 5 heteroatoms. The van der Waals surface area contributed by atoms with Crippen molar-refractivity contribution in [3.63, 3.8) is 0 Å². The molecule has 0 aromatic carbocycles. The summed E-state index contributed by atoms with van der Waals surface area (Å²) in [6, 6.07) is 1.10. The molecule has 5 nitrogen and oxygen atoms in total. The first-order valence-corrected chi connectivity index (χ1v) is 7.93. The summed E-state index contributed by atoms with van der Waals surface area (Å²) >= 11 is 0. The normalized spacial score (nSPS) is 32.0. The first-order valence-electron chi connectivity index (χ1n) is 7.93. The molecule has 2 fully saturated rings. The molecule has 2 N–H and O–H groups in total. The summed E-state index contributed by atoms with van der Waals surface area (Å²) in [5, 5.41) is 6.96. The third-order valence-corrected chi connectivity index (χ3v) is 4.44. The Morgan fingerprint density at radius 3 is 2.75 bits per heavy atom. The first-order chi connectivity index (χ1) is 9.60. The van der Waals surface area contributed by atoms with Crippen LogP contribution in [0.1, 0.15) is 33.6 Å². The highest BCUT2D eigenvalue weighted by Gasteiger charge is 2.31. The number of nitrogens with zero attached hydrogens (tertiary/aromatic N) is 2. The van der Waals surface area contributed by atoms with E-state index in [1.165, 1.54) is 6.42 Å². The molecule has 0 radical (unpaired) electrons. The third-order valence-electron chi connectivity index (χ3n) is 4.44. The number of rotatable bonds is 4. The van der Waals surface area contributed by atoms with Crippen LogP contribution in [0.15, 0.2) is 4.99 Å². The molecule has 0 spiro atoms. The van der Waals surface area contributed by atoms with Gasteiger partial charge in [0.05, 0.1) is 6.10 Å². The lowest BCUT2D eigenvalue weighted by Gasteiger charge is -2.22. The van der Waals surface area contributed by atoms with E-state index in [-0.39, 0.29) is 0 Å². The lowest BCUT2D eigenvalue weighted by molar-refractivity contribution is 0.113. The number of ether oxygens (including phenoxy) is 1. The van der Waals surface area contributed by atoms with Gasteiger partial charge in [0.1, 0.15) is 0 Å². The molecule has 0 aliphatic carbocycles. The highest BCUT2D eigenvalue weighted by molar-refractivity contribution is 5.80. The highest BCUT2D eigenvalue weighted by Crippen LogP contribution is 2.18. The number of hydrogen-bond donors (Lipinski definition) is 2. The van der Waals surface area contributed by atoms with Crippen LogP contribution in [0.5, 0.6) is 0 Å². The average Bonchev–Trinajstić information content (AvgIpc) is 3.04. The van der Waals surface area contributed by atoms with E-state index in [0.29, 0.717) is 24.1 Å². The summed E-state index contributed by atoms with van der Waals surface area (Å²) in [6.45, 7) is 10.9. The smallest absolute Gasteiger partial charge is 0.191 e. The van der Waals surface area contributed by atoms with Crippen molar-refractivity contribution < 1.29 is 4.74 Å². The van der Waals surface area contributed by atoms with Crippen molar-refractivity contribution in [2.45, 2.75) is 51.8 Å². The summed E-state index contributed by atoms with van der Waals surface area (Å²) in [4.78, 5) is 6.86. The Morgan fingerprint density at radius 2 is 2.20 bits per heavy atom. The topological polar surface area (TPSA) is 48.9 Å². The minimum absolute atomic E-state index is 0.349. The largest absolute Gasteiger partial charge is 0.376 e. The zero-order valence-electron chi connectivity index (χ0n) is 13.4. The van der Waals surface area contributed by atoms with Crippen molar-refractivity contribution in [2.75, 3.05) is 33.3 Å². The van der Waals surface area contributed by atoms with E-state index in [1.807, 2.05) is 7.05 Å². The summed E-state index contributed by atoms with van der Waals surface area (Å²) in [6.07, 6.45) is 2.69. The van der Waals surface area contributed by atoms with E-state index >= 15 is 0 Å². The number of guanidine groups is 1. The zero-order valence-corrected chi connectivity index (χ0v) is 13.4. The van der Waals surface area contributed by atoms with Gasteiger partial charge in [-0.1, -0.05) is 6.92 Å². The van der Waals surface area contributed by atoms with E-state index < -0.39 is 0 Å². The molecular weight excluding hydrogens is 252 g/mol. The van der Waals surface area contributed by atoms with Crippen molar-refractivity contribution in [1.82, 2.24) is 15.5 Å². The van der Waals surface area contributed by atoms with Crippen LogP contribution in [-0.4, -0.2) is 62.3 Å². The van der Waals surface area contributed by atoms with E-state index in [1.54, 1.807) is 0 Å². The van der Waals surface area contributed by atoms with Crippen molar-refractivity contribution in [3.8, 4) is 0 Å². The van der Waals surface area contributed by atoms with Gasteiger partial charge in [0.15, 0.2) is 5.96 Å².